The molecular weight excluding hydrogens is 400 g/mol. The third-order valence-electron chi connectivity index (χ3n) is 8.01. The van der Waals surface area contributed by atoms with E-state index in [9.17, 15) is 18.4 Å². The number of carbonyl (C=O) groups excluding carboxylic acids is 2. The SMILES string of the molecule is O=C(CCN1CCN(C(=O)C23CC4CC(CC(C4)C2)C3)CC1)Nc1ccc(F)c(F)c1. The van der Waals surface area contributed by atoms with Crippen LogP contribution in [0.1, 0.15) is 44.9 Å². The molecule has 4 aliphatic carbocycles. The lowest BCUT2D eigenvalue weighted by Crippen LogP contribution is -2.58. The van der Waals surface area contributed by atoms with E-state index in [0.29, 0.717) is 12.5 Å². The molecule has 5 fully saturated rings. The lowest BCUT2D eigenvalue weighted by Gasteiger charge is -2.57. The van der Waals surface area contributed by atoms with E-state index in [4.69, 9.17) is 0 Å². The number of halogens is 2. The molecule has 1 saturated heterocycles. The van der Waals surface area contributed by atoms with Crippen LogP contribution in [0.25, 0.3) is 0 Å². The Bertz CT molecular complexity index is 831. The largest absolute Gasteiger partial charge is 0.340 e. The highest BCUT2D eigenvalue weighted by atomic mass is 19.2. The molecule has 0 aromatic heterocycles. The average molecular weight is 432 g/mol. The van der Waals surface area contributed by atoms with Crippen molar-refractivity contribution in [2.24, 2.45) is 23.2 Å². The summed E-state index contributed by atoms with van der Waals surface area (Å²) in [5.74, 6) is 0.565. The van der Waals surface area contributed by atoms with Crippen LogP contribution in [0.3, 0.4) is 0 Å². The summed E-state index contributed by atoms with van der Waals surface area (Å²) >= 11 is 0. The molecule has 1 aliphatic heterocycles. The van der Waals surface area contributed by atoms with Crippen molar-refractivity contribution >= 4 is 17.5 Å². The fourth-order valence-corrected chi connectivity index (χ4v) is 6.94. The third kappa shape index (κ3) is 4.21. The second-order valence-corrected chi connectivity index (χ2v) is 10.3. The Balaban J connectivity index is 1.09. The van der Waals surface area contributed by atoms with Crippen LogP contribution in [0.5, 0.6) is 0 Å². The van der Waals surface area contributed by atoms with Gasteiger partial charge in [0.1, 0.15) is 0 Å². The van der Waals surface area contributed by atoms with Crippen molar-refractivity contribution in [2.75, 3.05) is 38.0 Å². The summed E-state index contributed by atoms with van der Waals surface area (Å²) in [5.41, 5.74) is 0.177. The maximum Gasteiger partial charge on any atom is 0.228 e. The first-order chi connectivity index (χ1) is 14.9. The molecule has 4 saturated carbocycles. The first-order valence-corrected chi connectivity index (χ1v) is 11.7. The number of benzene rings is 1. The number of piperazine rings is 1. The number of carbonyl (C=O) groups is 2. The number of nitrogens with one attached hydrogen (secondary N) is 1. The van der Waals surface area contributed by atoms with Gasteiger partial charge >= 0.3 is 0 Å². The smallest absolute Gasteiger partial charge is 0.228 e. The minimum atomic E-state index is -0.974. The maximum atomic E-state index is 13.5. The molecule has 168 valence electrons. The molecule has 1 heterocycles. The van der Waals surface area contributed by atoms with Gasteiger partial charge in [-0.3, -0.25) is 14.5 Å². The molecule has 6 rings (SSSR count). The maximum absolute atomic E-state index is 13.5. The molecule has 5 nitrogen and oxygen atoms in total. The van der Waals surface area contributed by atoms with Gasteiger partial charge in [-0.1, -0.05) is 0 Å². The zero-order valence-electron chi connectivity index (χ0n) is 17.9. The summed E-state index contributed by atoms with van der Waals surface area (Å²) < 4.78 is 26.3. The highest BCUT2D eigenvalue weighted by Gasteiger charge is 2.55. The quantitative estimate of drug-likeness (QED) is 0.774. The molecule has 0 spiro atoms. The van der Waals surface area contributed by atoms with E-state index >= 15 is 0 Å². The van der Waals surface area contributed by atoms with E-state index < -0.39 is 11.6 Å². The van der Waals surface area contributed by atoms with Crippen molar-refractivity contribution in [1.82, 2.24) is 9.80 Å². The summed E-state index contributed by atoms with van der Waals surface area (Å²) in [6, 6.07) is 3.35. The first kappa shape index (κ1) is 20.9. The first-order valence-electron chi connectivity index (χ1n) is 11.7. The Morgan fingerprint density at radius 3 is 2.13 bits per heavy atom. The fraction of sp³-hybridized carbons (Fsp3) is 0.667. The van der Waals surface area contributed by atoms with Gasteiger partial charge in [0, 0.05) is 50.9 Å². The normalized spacial score (nSPS) is 32.3. The van der Waals surface area contributed by atoms with Gasteiger partial charge < -0.3 is 10.2 Å². The number of rotatable bonds is 5. The molecule has 1 N–H and O–H groups in total. The summed E-state index contributed by atoms with van der Waals surface area (Å²) in [6.07, 6.45) is 7.60. The summed E-state index contributed by atoms with van der Waals surface area (Å²) in [4.78, 5) is 29.9. The summed E-state index contributed by atoms with van der Waals surface area (Å²) in [5, 5.41) is 2.61. The number of amides is 2. The molecule has 5 aliphatic rings. The van der Waals surface area contributed by atoms with Gasteiger partial charge in [0.2, 0.25) is 11.8 Å². The summed E-state index contributed by atoms with van der Waals surface area (Å²) in [7, 11) is 0. The molecule has 2 amide bonds. The topological polar surface area (TPSA) is 52.7 Å². The predicted octanol–water partition coefficient (Wildman–Crippen LogP) is 3.65. The molecule has 4 bridgehead atoms. The Morgan fingerprint density at radius 2 is 1.55 bits per heavy atom. The van der Waals surface area contributed by atoms with Crippen LogP contribution in [-0.2, 0) is 9.59 Å². The Kier molecular flexibility index (Phi) is 5.49. The van der Waals surface area contributed by atoms with Gasteiger partial charge in [-0.05, 0) is 68.4 Å². The Morgan fingerprint density at radius 1 is 0.935 bits per heavy atom. The van der Waals surface area contributed by atoms with Crippen molar-refractivity contribution in [3.05, 3.63) is 29.8 Å². The molecule has 0 atom stereocenters. The second kappa shape index (κ2) is 8.15. The fourth-order valence-electron chi connectivity index (χ4n) is 6.94. The van der Waals surface area contributed by atoms with Crippen molar-refractivity contribution in [2.45, 2.75) is 44.9 Å². The van der Waals surface area contributed by atoms with E-state index in [2.05, 4.69) is 15.1 Å². The lowest BCUT2D eigenvalue weighted by molar-refractivity contribution is -0.159. The lowest BCUT2D eigenvalue weighted by atomic mass is 9.49. The van der Waals surface area contributed by atoms with Crippen LogP contribution < -0.4 is 5.32 Å². The van der Waals surface area contributed by atoms with Crippen LogP contribution in [-0.4, -0.2) is 54.3 Å². The molecular formula is C24H31F2N3O2. The van der Waals surface area contributed by atoms with Crippen LogP contribution in [0.2, 0.25) is 0 Å². The van der Waals surface area contributed by atoms with Gasteiger partial charge in [-0.2, -0.15) is 0 Å². The highest BCUT2D eigenvalue weighted by molar-refractivity contribution is 5.90. The molecule has 0 radical (unpaired) electrons. The van der Waals surface area contributed by atoms with Gasteiger partial charge in [-0.25, -0.2) is 8.78 Å². The van der Waals surface area contributed by atoms with E-state index in [-0.39, 0.29) is 23.4 Å². The number of anilines is 1. The van der Waals surface area contributed by atoms with Gasteiger partial charge in [-0.15, -0.1) is 0 Å². The molecule has 1 aromatic carbocycles. The Hall–Kier alpha value is -2.02. The van der Waals surface area contributed by atoms with Crippen molar-refractivity contribution in [3.63, 3.8) is 0 Å². The zero-order chi connectivity index (χ0) is 21.6. The van der Waals surface area contributed by atoms with Crippen LogP contribution in [0, 0.1) is 34.8 Å². The Labute approximate surface area is 182 Å². The van der Waals surface area contributed by atoms with Gasteiger partial charge in [0.05, 0.1) is 5.41 Å². The van der Waals surface area contributed by atoms with Gasteiger partial charge in [0.25, 0.3) is 0 Å². The van der Waals surface area contributed by atoms with Crippen molar-refractivity contribution in [3.8, 4) is 0 Å². The molecule has 7 heteroatoms. The third-order valence-corrected chi connectivity index (χ3v) is 8.01. The second-order valence-electron chi connectivity index (χ2n) is 10.3. The number of hydrogen-bond donors (Lipinski definition) is 1. The zero-order valence-corrected chi connectivity index (χ0v) is 17.9. The molecule has 0 unspecified atom stereocenters. The highest BCUT2D eigenvalue weighted by Crippen LogP contribution is 2.60. The van der Waals surface area contributed by atoms with Crippen molar-refractivity contribution < 1.29 is 18.4 Å². The number of nitrogens with zero attached hydrogens (tertiary/aromatic N) is 2. The minimum Gasteiger partial charge on any atom is -0.340 e. The number of hydrogen-bond acceptors (Lipinski definition) is 3. The minimum absolute atomic E-state index is 0.0821. The summed E-state index contributed by atoms with van der Waals surface area (Å²) in [6.45, 7) is 3.60. The van der Waals surface area contributed by atoms with Gasteiger partial charge in [0.15, 0.2) is 11.6 Å². The van der Waals surface area contributed by atoms with Crippen LogP contribution in [0.15, 0.2) is 18.2 Å². The monoisotopic (exact) mass is 431 g/mol. The molecule has 1 aromatic rings. The standard InChI is InChI=1S/C24H31F2N3O2/c25-20-2-1-19(12-21(20)26)27-22(30)3-4-28-5-7-29(8-6-28)23(31)24-13-16-9-17(14-24)11-18(10-16)15-24/h1-2,12,16-18H,3-11,13-15H2,(H,27,30). The van der Waals surface area contributed by atoms with E-state index in [1.807, 2.05) is 0 Å². The van der Waals surface area contributed by atoms with Crippen molar-refractivity contribution in [1.29, 1.82) is 0 Å². The predicted molar refractivity (Wildman–Crippen MR) is 113 cm³/mol. The molecule has 31 heavy (non-hydrogen) atoms. The van der Waals surface area contributed by atoms with Crippen LogP contribution >= 0.6 is 0 Å². The van der Waals surface area contributed by atoms with E-state index in [1.54, 1.807) is 0 Å². The van der Waals surface area contributed by atoms with Crippen LogP contribution in [0.4, 0.5) is 14.5 Å². The van der Waals surface area contributed by atoms with E-state index in [1.165, 1.54) is 25.3 Å². The average Bonchev–Trinajstić information content (AvgIpc) is 2.74. The van der Waals surface area contributed by atoms with E-state index in [0.717, 1.165) is 75.3 Å².